The lowest BCUT2D eigenvalue weighted by Gasteiger charge is -2.12. The third-order valence-corrected chi connectivity index (χ3v) is 4.46. The summed E-state index contributed by atoms with van der Waals surface area (Å²) in [4.78, 5) is 23.8. The number of carboxylic acids is 1. The Balaban J connectivity index is 1.84. The number of hydrogen-bond acceptors (Lipinski definition) is 3. The number of rotatable bonds is 3. The molecule has 1 amide bonds. The highest BCUT2D eigenvalue weighted by atomic mass is 16.5. The fourth-order valence-corrected chi connectivity index (χ4v) is 2.85. The molecule has 0 fully saturated rings. The molecule has 24 heavy (non-hydrogen) atoms. The van der Waals surface area contributed by atoms with Crippen LogP contribution < -0.4 is 10.1 Å². The van der Waals surface area contributed by atoms with Crippen LogP contribution in [0.5, 0.6) is 5.75 Å². The first-order chi connectivity index (χ1) is 11.4. The van der Waals surface area contributed by atoms with Crippen molar-refractivity contribution >= 4 is 17.6 Å². The van der Waals surface area contributed by atoms with E-state index in [0.717, 1.165) is 22.4 Å². The van der Waals surface area contributed by atoms with E-state index in [-0.39, 0.29) is 11.5 Å². The predicted octanol–water partition coefficient (Wildman–Crippen LogP) is 3.42. The maximum Gasteiger partial charge on any atom is 0.336 e. The predicted molar refractivity (Wildman–Crippen MR) is 90.9 cm³/mol. The van der Waals surface area contributed by atoms with E-state index in [9.17, 15) is 14.7 Å². The second-order valence-electron chi connectivity index (χ2n) is 6.16. The number of carbonyl (C=O) groups excluding carboxylic acids is 1. The minimum absolute atomic E-state index is 0.183. The summed E-state index contributed by atoms with van der Waals surface area (Å²) in [5.74, 6) is -0.858. The quantitative estimate of drug-likeness (QED) is 0.906. The van der Waals surface area contributed by atoms with Crippen LogP contribution in [-0.4, -0.2) is 23.6 Å². The number of hydrogen-bond donors (Lipinski definition) is 2. The fraction of sp³-hybridized carbons (Fsp3) is 0.263. The van der Waals surface area contributed by atoms with Gasteiger partial charge in [0, 0.05) is 11.3 Å². The monoisotopic (exact) mass is 325 g/mol. The first-order valence-electron chi connectivity index (χ1n) is 7.75. The maximum absolute atomic E-state index is 12.6. The lowest BCUT2D eigenvalue weighted by atomic mass is 9.96. The zero-order chi connectivity index (χ0) is 17.4. The van der Waals surface area contributed by atoms with Gasteiger partial charge in [0.05, 0.1) is 5.56 Å². The van der Waals surface area contributed by atoms with Crippen LogP contribution in [0.15, 0.2) is 30.3 Å². The van der Waals surface area contributed by atoms with Crippen molar-refractivity contribution in [3.8, 4) is 5.75 Å². The lowest BCUT2D eigenvalue weighted by molar-refractivity contribution is -0.117. The normalized spacial score (nSPS) is 15.5. The number of carbonyl (C=O) groups is 2. The molecule has 1 unspecified atom stereocenters. The first-order valence-corrected chi connectivity index (χ1v) is 7.75. The Kier molecular flexibility index (Phi) is 4.01. The van der Waals surface area contributed by atoms with E-state index >= 15 is 0 Å². The molecular formula is C19H19NO4. The van der Waals surface area contributed by atoms with Crippen molar-refractivity contribution in [2.75, 3.05) is 11.9 Å². The second-order valence-corrected chi connectivity index (χ2v) is 6.16. The van der Waals surface area contributed by atoms with Gasteiger partial charge < -0.3 is 15.2 Å². The summed E-state index contributed by atoms with van der Waals surface area (Å²) in [6.45, 7) is 6.02. The topological polar surface area (TPSA) is 75.6 Å². The Morgan fingerprint density at radius 2 is 1.79 bits per heavy atom. The van der Waals surface area contributed by atoms with Gasteiger partial charge in [0.2, 0.25) is 5.91 Å². The third-order valence-electron chi connectivity index (χ3n) is 4.46. The first kappa shape index (κ1) is 16.1. The van der Waals surface area contributed by atoms with Crippen LogP contribution in [0.3, 0.4) is 0 Å². The van der Waals surface area contributed by atoms with Crippen LogP contribution in [0.2, 0.25) is 0 Å². The summed E-state index contributed by atoms with van der Waals surface area (Å²) in [5.41, 5.74) is 4.42. The molecule has 0 saturated carbocycles. The van der Waals surface area contributed by atoms with E-state index in [2.05, 4.69) is 5.32 Å². The summed E-state index contributed by atoms with van der Waals surface area (Å²) in [6, 6.07) is 8.81. The van der Waals surface area contributed by atoms with Crippen LogP contribution >= 0.6 is 0 Å². The number of aromatic carboxylic acids is 1. The van der Waals surface area contributed by atoms with Crippen LogP contribution in [0, 0.1) is 20.8 Å². The number of nitrogens with one attached hydrogen (secondary N) is 1. The van der Waals surface area contributed by atoms with Crippen LogP contribution in [0.25, 0.3) is 0 Å². The minimum atomic E-state index is -1.01. The van der Waals surface area contributed by atoms with Crippen molar-refractivity contribution in [1.82, 2.24) is 0 Å². The van der Waals surface area contributed by atoms with Crippen molar-refractivity contribution in [2.24, 2.45) is 0 Å². The van der Waals surface area contributed by atoms with E-state index in [1.54, 1.807) is 19.1 Å². The summed E-state index contributed by atoms with van der Waals surface area (Å²) in [5, 5.41) is 12.0. The number of benzene rings is 2. The molecule has 1 heterocycles. The van der Waals surface area contributed by atoms with E-state index in [4.69, 9.17) is 4.74 Å². The summed E-state index contributed by atoms with van der Waals surface area (Å²) < 4.78 is 5.63. The Labute approximate surface area is 140 Å². The molecule has 5 heteroatoms. The van der Waals surface area contributed by atoms with Gasteiger partial charge in [-0.05, 0) is 55.7 Å². The molecule has 0 spiro atoms. The zero-order valence-corrected chi connectivity index (χ0v) is 13.8. The number of aryl methyl sites for hydroxylation is 3. The van der Waals surface area contributed by atoms with Gasteiger partial charge in [-0.15, -0.1) is 0 Å². The number of fused-ring (bicyclic) bond motifs is 1. The van der Waals surface area contributed by atoms with Gasteiger partial charge in [-0.3, -0.25) is 4.79 Å². The number of amides is 1. The molecule has 5 nitrogen and oxygen atoms in total. The zero-order valence-electron chi connectivity index (χ0n) is 13.8. The average molecular weight is 325 g/mol. The molecule has 0 aliphatic carbocycles. The molecule has 1 atom stereocenters. The highest BCUT2D eigenvalue weighted by Crippen LogP contribution is 2.36. The molecule has 1 aliphatic heterocycles. The van der Waals surface area contributed by atoms with Crippen LogP contribution in [-0.2, 0) is 4.79 Å². The highest BCUT2D eigenvalue weighted by Gasteiger charge is 2.31. The van der Waals surface area contributed by atoms with Crippen LogP contribution in [0.4, 0.5) is 5.69 Å². The van der Waals surface area contributed by atoms with Gasteiger partial charge in [0.15, 0.2) is 0 Å². The van der Waals surface area contributed by atoms with Gasteiger partial charge in [-0.25, -0.2) is 4.79 Å². The van der Waals surface area contributed by atoms with Crippen molar-refractivity contribution in [2.45, 2.75) is 26.7 Å². The highest BCUT2D eigenvalue weighted by molar-refractivity contribution is 5.98. The molecular weight excluding hydrogens is 306 g/mol. The summed E-state index contributed by atoms with van der Waals surface area (Å²) in [7, 11) is 0. The minimum Gasteiger partial charge on any atom is -0.492 e. The van der Waals surface area contributed by atoms with Crippen LogP contribution in [0.1, 0.15) is 38.5 Å². The van der Waals surface area contributed by atoms with E-state index in [1.165, 1.54) is 6.07 Å². The Morgan fingerprint density at radius 1 is 1.08 bits per heavy atom. The summed E-state index contributed by atoms with van der Waals surface area (Å²) >= 11 is 0. The van der Waals surface area contributed by atoms with Crippen molar-refractivity contribution in [3.05, 3.63) is 58.1 Å². The largest absolute Gasteiger partial charge is 0.492 e. The molecule has 2 N–H and O–H groups in total. The molecule has 2 aromatic rings. The van der Waals surface area contributed by atoms with Gasteiger partial charge >= 0.3 is 5.97 Å². The summed E-state index contributed by atoms with van der Waals surface area (Å²) in [6.07, 6.45) is 0. The molecule has 0 bridgehead atoms. The van der Waals surface area contributed by atoms with Gasteiger partial charge in [0.25, 0.3) is 0 Å². The molecule has 1 aliphatic rings. The van der Waals surface area contributed by atoms with Crippen molar-refractivity contribution in [3.63, 3.8) is 0 Å². The maximum atomic E-state index is 12.6. The Morgan fingerprint density at radius 3 is 2.50 bits per heavy atom. The van der Waals surface area contributed by atoms with Crippen molar-refractivity contribution in [1.29, 1.82) is 0 Å². The average Bonchev–Trinajstić information content (AvgIpc) is 2.92. The SMILES string of the molecule is Cc1cc2c(cc1C)C(C(=O)Nc1ccc(C)c(C(=O)O)c1)CO2. The molecule has 0 radical (unpaired) electrons. The van der Waals surface area contributed by atoms with E-state index < -0.39 is 11.9 Å². The van der Waals surface area contributed by atoms with Gasteiger partial charge in [0.1, 0.15) is 18.3 Å². The van der Waals surface area contributed by atoms with E-state index in [0.29, 0.717) is 17.9 Å². The standard InChI is InChI=1S/C19H19NO4/c1-10-4-5-13(8-14(10)19(22)23)20-18(21)16-9-24-17-7-12(3)11(2)6-15(16)17/h4-8,16H,9H2,1-3H3,(H,20,21)(H,22,23). The number of anilines is 1. The molecule has 2 aromatic carbocycles. The number of ether oxygens (including phenoxy) is 1. The Hall–Kier alpha value is -2.82. The molecule has 0 saturated heterocycles. The fourth-order valence-electron chi connectivity index (χ4n) is 2.85. The second kappa shape index (κ2) is 6.00. The number of carboxylic acid groups (broad SMARTS) is 1. The molecule has 3 rings (SSSR count). The smallest absolute Gasteiger partial charge is 0.336 e. The lowest BCUT2D eigenvalue weighted by Crippen LogP contribution is -2.22. The van der Waals surface area contributed by atoms with Gasteiger partial charge in [-0.1, -0.05) is 12.1 Å². The van der Waals surface area contributed by atoms with E-state index in [1.807, 2.05) is 26.0 Å². The molecule has 0 aromatic heterocycles. The van der Waals surface area contributed by atoms with Crippen molar-refractivity contribution < 1.29 is 19.4 Å². The Bertz CT molecular complexity index is 842. The molecule has 124 valence electrons. The third kappa shape index (κ3) is 2.85. The van der Waals surface area contributed by atoms with Gasteiger partial charge in [-0.2, -0.15) is 0 Å².